The molecule has 0 radical (unpaired) electrons. The van der Waals surface area contributed by atoms with Crippen molar-refractivity contribution >= 4 is 21.2 Å². The maximum Gasteiger partial charge on any atom is 0.192 e. The summed E-state index contributed by atoms with van der Waals surface area (Å²) in [5.41, 5.74) is 1.47. The Morgan fingerprint density at radius 2 is 2.05 bits per heavy atom. The van der Waals surface area contributed by atoms with Gasteiger partial charge in [0.1, 0.15) is 5.01 Å². The van der Waals surface area contributed by atoms with Gasteiger partial charge in [-0.2, -0.15) is 0 Å². The number of nitrogens with zero attached hydrogens (tertiary/aromatic N) is 3. The highest BCUT2D eigenvalue weighted by Crippen LogP contribution is 2.30. The van der Waals surface area contributed by atoms with Crippen molar-refractivity contribution in [2.45, 2.75) is 5.03 Å². The summed E-state index contributed by atoms with van der Waals surface area (Å²) in [5.74, 6) is -0.453. The Labute approximate surface area is 130 Å². The van der Waals surface area contributed by atoms with Crippen molar-refractivity contribution < 1.29 is 12.8 Å². The highest BCUT2D eigenvalue weighted by Gasteiger charge is 2.13. The number of halogens is 1. The third-order valence-corrected chi connectivity index (χ3v) is 4.79. The summed E-state index contributed by atoms with van der Waals surface area (Å²) in [6, 6.07) is 4.67. The molecule has 3 aromatic heterocycles. The first-order valence-electron chi connectivity index (χ1n) is 6.17. The third-order valence-electron chi connectivity index (χ3n) is 2.91. The number of pyridine rings is 2. The van der Waals surface area contributed by atoms with Crippen LogP contribution in [-0.4, -0.2) is 29.6 Å². The molecule has 0 aliphatic heterocycles. The molecule has 3 heterocycles. The molecule has 8 heteroatoms. The molecule has 0 aliphatic carbocycles. The van der Waals surface area contributed by atoms with Crippen LogP contribution in [0.4, 0.5) is 4.39 Å². The first kappa shape index (κ1) is 14.7. The van der Waals surface area contributed by atoms with Gasteiger partial charge in [0.15, 0.2) is 20.7 Å². The number of rotatable bonds is 3. The topological polar surface area (TPSA) is 72.8 Å². The monoisotopic (exact) mass is 335 g/mol. The van der Waals surface area contributed by atoms with E-state index >= 15 is 0 Å². The fourth-order valence-electron chi connectivity index (χ4n) is 1.86. The fourth-order valence-corrected chi connectivity index (χ4v) is 3.27. The van der Waals surface area contributed by atoms with Gasteiger partial charge >= 0.3 is 0 Å². The molecule has 0 N–H and O–H groups in total. The molecule has 0 aromatic carbocycles. The number of sulfone groups is 1. The predicted molar refractivity (Wildman–Crippen MR) is 81.6 cm³/mol. The molecule has 0 fully saturated rings. The van der Waals surface area contributed by atoms with Crippen LogP contribution < -0.4 is 0 Å². The van der Waals surface area contributed by atoms with Crippen molar-refractivity contribution in [3.8, 4) is 21.8 Å². The smallest absolute Gasteiger partial charge is 0.192 e. The highest BCUT2D eigenvalue weighted by atomic mass is 32.2. The van der Waals surface area contributed by atoms with Crippen LogP contribution in [0.1, 0.15) is 0 Å². The minimum atomic E-state index is -3.39. The number of hydrogen-bond acceptors (Lipinski definition) is 6. The molecule has 0 amide bonds. The van der Waals surface area contributed by atoms with Gasteiger partial charge in [-0.1, -0.05) is 0 Å². The zero-order chi connectivity index (χ0) is 15.7. The van der Waals surface area contributed by atoms with Crippen molar-refractivity contribution in [2.75, 3.05) is 6.26 Å². The van der Waals surface area contributed by atoms with Crippen LogP contribution in [0.3, 0.4) is 0 Å². The van der Waals surface area contributed by atoms with Crippen LogP contribution in [0.25, 0.3) is 21.8 Å². The maximum atomic E-state index is 13.7. The van der Waals surface area contributed by atoms with Crippen molar-refractivity contribution in [3.05, 3.63) is 48.0 Å². The second-order valence-electron chi connectivity index (χ2n) is 4.55. The quantitative estimate of drug-likeness (QED) is 0.736. The lowest BCUT2D eigenvalue weighted by atomic mass is 10.2. The second kappa shape index (κ2) is 5.54. The normalized spacial score (nSPS) is 11.5. The zero-order valence-electron chi connectivity index (χ0n) is 11.4. The average molecular weight is 335 g/mol. The van der Waals surface area contributed by atoms with E-state index in [0.717, 1.165) is 12.5 Å². The summed E-state index contributed by atoms with van der Waals surface area (Å²) >= 11 is 1.30. The number of aromatic nitrogens is 3. The zero-order valence-corrected chi connectivity index (χ0v) is 13.0. The van der Waals surface area contributed by atoms with Crippen molar-refractivity contribution in [2.24, 2.45) is 0 Å². The van der Waals surface area contributed by atoms with Crippen molar-refractivity contribution in [3.63, 3.8) is 0 Å². The molecular weight excluding hydrogens is 325 g/mol. The van der Waals surface area contributed by atoms with E-state index in [1.807, 2.05) is 0 Å². The summed E-state index contributed by atoms with van der Waals surface area (Å²) in [6.45, 7) is 0. The lowest BCUT2D eigenvalue weighted by Crippen LogP contribution is -2.00. The summed E-state index contributed by atoms with van der Waals surface area (Å²) in [5, 5.41) is 2.30. The molecule has 3 rings (SSSR count). The summed E-state index contributed by atoms with van der Waals surface area (Å²) in [7, 11) is -3.39. The lowest BCUT2D eigenvalue weighted by molar-refractivity contribution is 0.598. The first-order valence-corrected chi connectivity index (χ1v) is 8.94. The van der Waals surface area contributed by atoms with Gasteiger partial charge in [0, 0.05) is 35.2 Å². The third kappa shape index (κ3) is 2.88. The Bertz CT molecular complexity index is 939. The van der Waals surface area contributed by atoms with Crippen molar-refractivity contribution in [1.29, 1.82) is 0 Å². The van der Waals surface area contributed by atoms with Gasteiger partial charge in [0.25, 0.3) is 0 Å². The molecule has 0 spiro atoms. The Morgan fingerprint density at radius 3 is 2.77 bits per heavy atom. The van der Waals surface area contributed by atoms with E-state index in [4.69, 9.17) is 0 Å². The largest absolute Gasteiger partial charge is 0.262 e. The Balaban J connectivity index is 2.03. The van der Waals surface area contributed by atoms with E-state index in [-0.39, 0.29) is 5.03 Å². The SMILES string of the molecule is CS(=O)(=O)c1cc(-c2nc(-c3ccncc3F)cs2)ccn1. The molecule has 0 saturated carbocycles. The second-order valence-corrected chi connectivity index (χ2v) is 7.37. The van der Waals surface area contributed by atoms with Crippen LogP contribution in [0, 0.1) is 5.82 Å². The standard InChI is InChI=1S/C14H10FN3O2S2/c1-22(19,20)13-6-9(2-5-17-13)14-18-12(8-21-14)10-3-4-16-7-11(10)15/h2-8H,1H3. The summed E-state index contributed by atoms with van der Waals surface area (Å²) in [4.78, 5) is 11.9. The van der Waals surface area contributed by atoms with Crippen LogP contribution in [-0.2, 0) is 9.84 Å². The van der Waals surface area contributed by atoms with Gasteiger partial charge in [0.05, 0.1) is 11.9 Å². The summed E-state index contributed by atoms with van der Waals surface area (Å²) in [6.07, 6.45) is 5.13. The van der Waals surface area contributed by atoms with Crippen LogP contribution >= 0.6 is 11.3 Å². The van der Waals surface area contributed by atoms with E-state index in [9.17, 15) is 12.8 Å². The van der Waals surface area contributed by atoms with Gasteiger partial charge in [-0.3, -0.25) is 4.98 Å². The molecular formula is C14H10FN3O2S2. The predicted octanol–water partition coefficient (Wildman–Crippen LogP) is 2.81. The number of hydrogen-bond donors (Lipinski definition) is 0. The van der Waals surface area contributed by atoms with E-state index in [0.29, 0.717) is 21.8 Å². The average Bonchev–Trinajstić information content (AvgIpc) is 2.97. The van der Waals surface area contributed by atoms with Gasteiger partial charge < -0.3 is 0 Å². The first-order chi connectivity index (χ1) is 10.4. The molecule has 3 aromatic rings. The maximum absolute atomic E-state index is 13.7. The molecule has 0 aliphatic rings. The van der Waals surface area contributed by atoms with E-state index in [1.54, 1.807) is 17.5 Å². The highest BCUT2D eigenvalue weighted by molar-refractivity contribution is 7.90. The molecule has 0 bridgehead atoms. The Kier molecular flexibility index (Phi) is 3.71. The van der Waals surface area contributed by atoms with E-state index < -0.39 is 15.7 Å². The molecule has 0 saturated heterocycles. The molecule has 5 nitrogen and oxygen atoms in total. The Hall–Kier alpha value is -2.19. The minimum absolute atomic E-state index is 0.0168. The van der Waals surface area contributed by atoms with Crippen LogP contribution in [0.2, 0.25) is 0 Å². The minimum Gasteiger partial charge on any atom is -0.262 e. The van der Waals surface area contributed by atoms with Crippen LogP contribution in [0.15, 0.2) is 47.2 Å². The van der Waals surface area contributed by atoms with Gasteiger partial charge in [-0.25, -0.2) is 22.8 Å². The van der Waals surface area contributed by atoms with Gasteiger partial charge in [-0.15, -0.1) is 11.3 Å². The van der Waals surface area contributed by atoms with Crippen molar-refractivity contribution in [1.82, 2.24) is 15.0 Å². The molecule has 0 unspecified atom stereocenters. The van der Waals surface area contributed by atoms with Gasteiger partial charge in [0.2, 0.25) is 0 Å². The fraction of sp³-hybridized carbons (Fsp3) is 0.0714. The Morgan fingerprint density at radius 1 is 1.23 bits per heavy atom. The van der Waals surface area contributed by atoms with E-state index in [1.165, 1.54) is 29.8 Å². The van der Waals surface area contributed by atoms with Gasteiger partial charge in [-0.05, 0) is 18.2 Å². The molecule has 112 valence electrons. The molecule has 22 heavy (non-hydrogen) atoms. The molecule has 0 atom stereocenters. The lowest BCUT2D eigenvalue weighted by Gasteiger charge is -2.00. The number of thiazole rings is 1. The van der Waals surface area contributed by atoms with Crippen LogP contribution in [0.5, 0.6) is 0 Å². The van der Waals surface area contributed by atoms with E-state index in [2.05, 4.69) is 15.0 Å². The summed E-state index contributed by atoms with van der Waals surface area (Å²) < 4.78 is 36.8.